The summed E-state index contributed by atoms with van der Waals surface area (Å²) < 4.78 is 11.5. The van der Waals surface area contributed by atoms with E-state index in [0.717, 1.165) is 59.2 Å². The third-order valence-corrected chi connectivity index (χ3v) is 7.95. The number of hydrogen-bond acceptors (Lipinski definition) is 5. The van der Waals surface area contributed by atoms with Crippen LogP contribution in [0.5, 0.6) is 5.75 Å². The van der Waals surface area contributed by atoms with Crippen LogP contribution in [0.1, 0.15) is 43.0 Å². The van der Waals surface area contributed by atoms with Crippen molar-refractivity contribution in [3.05, 3.63) is 95.1 Å². The summed E-state index contributed by atoms with van der Waals surface area (Å²) in [4.78, 5) is 15.3. The number of fused-ring (bicyclic) bond motifs is 1. The number of carbonyl (C=O) groups excluding carboxylic acids is 1. The molecule has 1 saturated heterocycles. The normalized spacial score (nSPS) is 20.7. The molecule has 220 valence electrons. The van der Waals surface area contributed by atoms with Gasteiger partial charge in [-0.3, -0.25) is 9.69 Å². The number of methoxy groups -OCH3 is 1. The van der Waals surface area contributed by atoms with Crippen LogP contribution in [0.3, 0.4) is 0 Å². The molecule has 1 amide bonds. The van der Waals surface area contributed by atoms with Crippen LogP contribution in [-0.2, 0) is 22.5 Å². The van der Waals surface area contributed by atoms with E-state index in [1.807, 2.05) is 31.2 Å². The molecule has 1 N–H and O–H groups in total. The zero-order valence-corrected chi connectivity index (χ0v) is 25.6. The Labute approximate surface area is 250 Å². The van der Waals surface area contributed by atoms with E-state index in [-0.39, 0.29) is 24.0 Å². The molecule has 0 aromatic heterocycles. The fraction of sp³-hybridized carbons (Fsp3) is 0.371. The second-order valence-electron chi connectivity index (χ2n) is 12.1. The van der Waals surface area contributed by atoms with Crippen molar-refractivity contribution in [2.24, 2.45) is 11.0 Å². The highest BCUT2D eigenvalue weighted by Crippen LogP contribution is 2.34. The second-order valence-corrected chi connectivity index (χ2v) is 12.1. The van der Waals surface area contributed by atoms with Gasteiger partial charge < -0.3 is 14.8 Å². The molecule has 3 atom stereocenters. The number of rotatable bonds is 9. The summed E-state index contributed by atoms with van der Waals surface area (Å²) in [7, 11) is 5.81. The van der Waals surface area contributed by atoms with E-state index < -0.39 is 0 Å². The number of nitrogens with zero attached hydrogens (tertiary/aromatic N) is 3. The number of allylic oxidation sites excluding steroid dienone is 1. The minimum absolute atomic E-state index is 0.00521. The van der Waals surface area contributed by atoms with E-state index in [9.17, 15) is 4.79 Å². The molecule has 7 nitrogen and oxygen atoms in total. The van der Waals surface area contributed by atoms with Gasteiger partial charge in [-0.25, -0.2) is 0 Å². The molecule has 3 aromatic carbocycles. The van der Waals surface area contributed by atoms with Gasteiger partial charge in [0.1, 0.15) is 11.5 Å². The summed E-state index contributed by atoms with van der Waals surface area (Å²) >= 11 is 0. The lowest BCUT2D eigenvalue weighted by molar-refractivity contribution is -0.119. The van der Waals surface area contributed by atoms with Gasteiger partial charge in [0.2, 0.25) is 5.91 Å². The molecule has 0 radical (unpaired) electrons. The second kappa shape index (κ2) is 12.6. The Morgan fingerprint density at radius 3 is 2.36 bits per heavy atom. The van der Waals surface area contributed by atoms with Gasteiger partial charge >= 0.3 is 0 Å². The molecule has 0 aliphatic carbocycles. The van der Waals surface area contributed by atoms with Crippen molar-refractivity contribution in [1.29, 1.82) is 0 Å². The fourth-order valence-corrected chi connectivity index (χ4v) is 5.84. The van der Waals surface area contributed by atoms with Crippen molar-refractivity contribution in [3.63, 3.8) is 0 Å². The van der Waals surface area contributed by atoms with E-state index in [2.05, 4.69) is 92.8 Å². The number of amides is 1. The number of carbonyl (C=O) groups is 1. The Balaban J connectivity index is 1.21. The number of benzene rings is 3. The van der Waals surface area contributed by atoms with Crippen molar-refractivity contribution < 1.29 is 14.3 Å². The molecule has 0 saturated carbocycles. The van der Waals surface area contributed by atoms with Crippen LogP contribution >= 0.6 is 0 Å². The van der Waals surface area contributed by atoms with E-state index in [4.69, 9.17) is 14.6 Å². The lowest BCUT2D eigenvalue weighted by Gasteiger charge is -2.35. The maximum absolute atomic E-state index is 12.9. The van der Waals surface area contributed by atoms with Crippen LogP contribution in [0.4, 0.5) is 11.4 Å². The third kappa shape index (κ3) is 7.16. The predicted octanol–water partition coefficient (Wildman–Crippen LogP) is 6.12. The van der Waals surface area contributed by atoms with Crippen LogP contribution in [-0.4, -0.2) is 63.0 Å². The predicted molar refractivity (Wildman–Crippen MR) is 172 cm³/mol. The van der Waals surface area contributed by atoms with Crippen molar-refractivity contribution in [2.45, 2.75) is 45.9 Å². The highest BCUT2D eigenvalue weighted by Gasteiger charge is 2.33. The summed E-state index contributed by atoms with van der Waals surface area (Å²) in [6.45, 7) is 9.13. The van der Waals surface area contributed by atoms with E-state index in [0.29, 0.717) is 11.0 Å². The third-order valence-electron chi connectivity index (χ3n) is 7.95. The summed E-state index contributed by atoms with van der Waals surface area (Å²) in [5, 5.41) is 8.01. The molecule has 2 aliphatic heterocycles. The molecular weight excluding hydrogens is 524 g/mol. The average Bonchev–Trinajstić information content (AvgIpc) is 3.21. The van der Waals surface area contributed by atoms with Gasteiger partial charge in [0.05, 0.1) is 39.0 Å². The molecule has 1 fully saturated rings. The lowest BCUT2D eigenvalue weighted by Crippen LogP contribution is -2.44. The van der Waals surface area contributed by atoms with Gasteiger partial charge in [0.25, 0.3) is 0 Å². The van der Waals surface area contributed by atoms with Crippen LogP contribution in [0.25, 0.3) is 6.08 Å². The molecule has 42 heavy (non-hydrogen) atoms. The molecule has 0 bridgehead atoms. The first-order chi connectivity index (χ1) is 20.1. The summed E-state index contributed by atoms with van der Waals surface area (Å²) in [6, 6.07) is 22.6. The maximum atomic E-state index is 12.9. The van der Waals surface area contributed by atoms with Crippen LogP contribution in [0.2, 0.25) is 0 Å². The van der Waals surface area contributed by atoms with Crippen molar-refractivity contribution in [3.8, 4) is 5.75 Å². The zero-order valence-electron chi connectivity index (χ0n) is 25.6. The first kappa shape index (κ1) is 29.7. The van der Waals surface area contributed by atoms with Crippen molar-refractivity contribution in [2.75, 3.05) is 39.6 Å². The first-order valence-corrected chi connectivity index (χ1v) is 14.8. The Morgan fingerprint density at radius 2 is 1.69 bits per heavy atom. The SMILES string of the molecule is COc1ccc(NC(=O)[C@@H](C)Cc2ccc3c(c2)[N+](C)(C)N=C3/C=C/c2ccc(CN3C[C@@H](C)O[C@@H](C)C3)cc2)cc1. The number of morpholine rings is 1. The Morgan fingerprint density at radius 1 is 1.02 bits per heavy atom. The maximum Gasteiger partial charge on any atom is 0.227 e. The number of quaternary nitrogens is 1. The molecule has 0 spiro atoms. The monoisotopic (exact) mass is 567 g/mol. The molecule has 2 aliphatic rings. The van der Waals surface area contributed by atoms with Gasteiger partial charge in [-0.2, -0.15) is 4.59 Å². The molecule has 3 aromatic rings. The molecule has 7 heteroatoms. The average molecular weight is 568 g/mol. The van der Waals surface area contributed by atoms with E-state index in [1.54, 1.807) is 7.11 Å². The van der Waals surface area contributed by atoms with Crippen molar-refractivity contribution >= 4 is 29.1 Å². The number of hydrogen-bond donors (Lipinski definition) is 1. The van der Waals surface area contributed by atoms with E-state index in [1.165, 1.54) is 5.56 Å². The largest absolute Gasteiger partial charge is 0.497 e. The van der Waals surface area contributed by atoms with Gasteiger partial charge in [0.15, 0.2) is 5.69 Å². The lowest BCUT2D eigenvalue weighted by atomic mass is 9.97. The quantitative estimate of drug-likeness (QED) is 0.317. The topological polar surface area (TPSA) is 63.2 Å². The number of ether oxygens (including phenoxy) is 2. The molecule has 5 rings (SSSR count). The Bertz CT molecular complexity index is 1450. The zero-order chi connectivity index (χ0) is 29.9. The summed E-state index contributed by atoms with van der Waals surface area (Å²) in [5.41, 5.74) is 7.58. The molecular formula is C35H43N4O3+. The smallest absolute Gasteiger partial charge is 0.227 e. The molecule has 2 heterocycles. The summed E-state index contributed by atoms with van der Waals surface area (Å²) in [6.07, 6.45) is 5.44. The Kier molecular flexibility index (Phi) is 8.92. The van der Waals surface area contributed by atoms with Gasteiger partial charge in [-0.1, -0.05) is 48.4 Å². The highest BCUT2D eigenvalue weighted by molar-refractivity contribution is 6.16. The van der Waals surface area contributed by atoms with Gasteiger partial charge in [0, 0.05) is 37.3 Å². The fourth-order valence-electron chi connectivity index (χ4n) is 5.84. The summed E-state index contributed by atoms with van der Waals surface area (Å²) in [5.74, 6) is 0.577. The van der Waals surface area contributed by atoms with Crippen LogP contribution < -0.4 is 14.6 Å². The standard InChI is InChI=1S/C35H42N4O3/c1-24(35(40)36-30-13-15-31(41-6)16-14-30)19-29-11-17-32-33(37-39(4,5)34(32)20-29)18-12-27-7-9-28(10-8-27)23-38-21-25(2)42-26(3)22-38/h7-18,20,24-26H,19,21-23H2,1-6H3/p+1/b18-12+/t24-,25-,26+/m0/s1. The minimum atomic E-state index is -0.180. The first-order valence-electron chi connectivity index (χ1n) is 14.8. The van der Waals surface area contributed by atoms with Gasteiger partial charge in [-0.15, -0.1) is 0 Å². The van der Waals surface area contributed by atoms with E-state index >= 15 is 0 Å². The van der Waals surface area contributed by atoms with Gasteiger partial charge in [-0.05, 0) is 73.4 Å². The van der Waals surface area contributed by atoms with Crippen molar-refractivity contribution in [1.82, 2.24) is 9.49 Å². The number of anilines is 1. The minimum Gasteiger partial charge on any atom is -0.497 e. The number of nitrogens with one attached hydrogen (secondary N) is 1. The Hall–Kier alpha value is -3.78. The van der Waals surface area contributed by atoms with Crippen LogP contribution in [0, 0.1) is 5.92 Å². The highest BCUT2D eigenvalue weighted by atomic mass is 16.5. The van der Waals surface area contributed by atoms with Crippen LogP contribution in [0.15, 0.2) is 77.9 Å². The molecule has 0 unspecified atom stereocenters.